The van der Waals surface area contributed by atoms with Crippen LogP contribution in [0.5, 0.6) is 0 Å². The molecule has 0 amide bonds. The van der Waals surface area contributed by atoms with Crippen molar-refractivity contribution in [1.29, 1.82) is 0 Å². The lowest BCUT2D eigenvalue weighted by molar-refractivity contribution is -0.0470. The quantitative estimate of drug-likeness (QED) is 0.149. The first kappa shape index (κ1) is 40.5. The van der Waals surface area contributed by atoms with Gasteiger partial charge in [0.2, 0.25) is 0 Å². The van der Waals surface area contributed by atoms with Crippen molar-refractivity contribution < 1.29 is 18.0 Å². The number of benzene rings is 1. The number of nitrogens with zero attached hydrogens (tertiary/aromatic N) is 6. The zero-order valence-electron chi connectivity index (χ0n) is 34.2. The van der Waals surface area contributed by atoms with Gasteiger partial charge in [-0.1, -0.05) is 92.6 Å². The highest BCUT2D eigenvalue weighted by Crippen LogP contribution is 2.47. The molecular formula is C38H63N7O4Si3. The molecule has 1 saturated heterocycles. The number of rotatable bonds is 11. The van der Waals surface area contributed by atoms with E-state index >= 15 is 0 Å². The largest absolute Gasteiger partial charge is 0.414 e. The van der Waals surface area contributed by atoms with Gasteiger partial charge in [-0.3, -0.25) is 9.25 Å². The Bertz CT molecular complexity index is 1840. The molecule has 0 unspecified atom stereocenters. The van der Waals surface area contributed by atoms with Crippen LogP contribution in [0.4, 0.5) is 5.82 Å². The Morgan fingerprint density at radius 3 is 1.94 bits per heavy atom. The van der Waals surface area contributed by atoms with Crippen LogP contribution in [0.15, 0.2) is 49.1 Å². The van der Waals surface area contributed by atoms with Crippen molar-refractivity contribution in [1.82, 2.24) is 29.3 Å². The van der Waals surface area contributed by atoms with Crippen molar-refractivity contribution in [3.8, 4) is 11.4 Å². The molecule has 52 heavy (non-hydrogen) atoms. The maximum atomic E-state index is 7.38. The third kappa shape index (κ3) is 8.32. The van der Waals surface area contributed by atoms with Crippen LogP contribution in [-0.2, 0) is 24.6 Å². The van der Waals surface area contributed by atoms with Gasteiger partial charge in [0.05, 0.1) is 31.2 Å². The van der Waals surface area contributed by atoms with E-state index in [9.17, 15) is 0 Å². The fraction of sp³-hybridized carbons (Fsp3) is 0.632. The lowest BCUT2D eigenvalue weighted by atomic mass is 10.1. The van der Waals surface area contributed by atoms with E-state index < -0.39 is 37.3 Å². The summed E-state index contributed by atoms with van der Waals surface area (Å²) in [6.45, 7) is 35.1. The SMILES string of the molecule is CC(C)(C)[Si](C)(C)OC[C@H]1O[C@@H](n2cnc3c(N)nc(-c4cnn(Cc5ccccc5)c4)nc32)[C@H](O[Si](C)(C)C(C)(C)C)[C@@H]1O[Si](C)(C)C(C)(C)C. The summed E-state index contributed by atoms with van der Waals surface area (Å²) >= 11 is 0. The van der Waals surface area contributed by atoms with Gasteiger partial charge in [0.25, 0.3) is 0 Å². The summed E-state index contributed by atoms with van der Waals surface area (Å²) in [4.78, 5) is 14.5. The molecule has 5 rings (SSSR count). The van der Waals surface area contributed by atoms with Gasteiger partial charge in [0.1, 0.15) is 23.8 Å². The number of hydrogen-bond acceptors (Lipinski definition) is 9. The third-order valence-corrected chi connectivity index (χ3v) is 25.4. The predicted molar refractivity (Wildman–Crippen MR) is 218 cm³/mol. The van der Waals surface area contributed by atoms with Gasteiger partial charge >= 0.3 is 0 Å². The molecule has 0 spiro atoms. The third-order valence-electron chi connectivity index (χ3n) is 12.0. The van der Waals surface area contributed by atoms with Gasteiger partial charge in [0.15, 0.2) is 48.5 Å². The zero-order valence-corrected chi connectivity index (χ0v) is 37.2. The maximum Gasteiger partial charge on any atom is 0.192 e. The Kier molecular flexibility index (Phi) is 11.0. The van der Waals surface area contributed by atoms with Crippen molar-refractivity contribution in [2.75, 3.05) is 12.3 Å². The van der Waals surface area contributed by atoms with Crippen molar-refractivity contribution in [2.45, 2.75) is 148 Å². The molecular weight excluding hydrogens is 703 g/mol. The molecule has 0 aliphatic carbocycles. The Morgan fingerprint density at radius 2 is 1.37 bits per heavy atom. The van der Waals surface area contributed by atoms with Gasteiger partial charge in [-0.05, 0) is 60.0 Å². The average Bonchev–Trinajstić information content (AvgIpc) is 3.73. The summed E-state index contributed by atoms with van der Waals surface area (Å²) in [5, 5.41) is 4.56. The van der Waals surface area contributed by atoms with Crippen LogP contribution in [0.3, 0.4) is 0 Å². The molecule has 1 aliphatic heterocycles. The second-order valence-corrected chi connectivity index (χ2v) is 33.3. The second kappa shape index (κ2) is 14.2. The van der Waals surface area contributed by atoms with Gasteiger partial charge in [-0.15, -0.1) is 0 Å². The van der Waals surface area contributed by atoms with Crippen molar-refractivity contribution >= 4 is 41.9 Å². The molecule has 4 aromatic rings. The molecule has 4 heterocycles. The van der Waals surface area contributed by atoms with Crippen molar-refractivity contribution in [3.63, 3.8) is 0 Å². The van der Waals surface area contributed by atoms with Gasteiger partial charge in [-0.25, -0.2) is 15.0 Å². The minimum Gasteiger partial charge on any atom is -0.414 e. The number of nitrogen functional groups attached to an aromatic ring is 1. The summed E-state index contributed by atoms with van der Waals surface area (Å²) in [7, 11) is -6.79. The van der Waals surface area contributed by atoms with Gasteiger partial charge in [-0.2, -0.15) is 5.10 Å². The summed E-state index contributed by atoms with van der Waals surface area (Å²) in [5.41, 5.74) is 9.60. The monoisotopic (exact) mass is 765 g/mol. The number of hydrogen-bond donors (Lipinski definition) is 1. The van der Waals surface area contributed by atoms with E-state index in [0.717, 1.165) is 11.1 Å². The first-order valence-electron chi connectivity index (χ1n) is 18.5. The standard InChI is InChI=1S/C38H63N7O4Si3/c1-36(2,3)50(10,11)46-24-28-30(48-51(12,13)37(4,5)6)31(49-52(14,15)38(7,8)9)35(47-28)45-25-40-29-32(39)42-33(43-34(29)45)27-21-41-44(23-27)22-26-19-17-16-18-20-26/h16-21,23,25,28,30-31,35H,22,24H2,1-15H3,(H2,39,42,43)/t28-,30-,31-,35-/m1/s1. The number of imidazole rings is 1. The highest BCUT2D eigenvalue weighted by molar-refractivity contribution is 6.75. The molecule has 11 nitrogen and oxygen atoms in total. The number of aromatic nitrogens is 6. The first-order valence-corrected chi connectivity index (χ1v) is 27.3. The molecule has 286 valence electrons. The molecule has 4 atom stereocenters. The Hall–Kier alpha value is -2.73. The fourth-order valence-electron chi connectivity index (χ4n) is 5.46. The number of ether oxygens (including phenoxy) is 1. The lowest BCUT2D eigenvalue weighted by Crippen LogP contribution is -2.54. The smallest absolute Gasteiger partial charge is 0.192 e. The maximum absolute atomic E-state index is 7.38. The molecule has 3 aromatic heterocycles. The van der Waals surface area contributed by atoms with E-state index in [4.69, 9.17) is 33.7 Å². The summed E-state index contributed by atoms with van der Waals surface area (Å²) in [6.07, 6.45) is 3.68. The van der Waals surface area contributed by atoms with Crippen LogP contribution in [0.1, 0.15) is 74.1 Å². The van der Waals surface area contributed by atoms with Crippen LogP contribution in [0.25, 0.3) is 22.6 Å². The predicted octanol–water partition coefficient (Wildman–Crippen LogP) is 9.02. The highest BCUT2D eigenvalue weighted by Gasteiger charge is 2.55. The number of anilines is 1. The first-order chi connectivity index (χ1) is 23.8. The minimum absolute atomic E-state index is 0.0271. The fourth-order valence-corrected chi connectivity index (χ4v) is 9.08. The molecule has 1 aromatic carbocycles. The number of nitrogens with two attached hydrogens (primary N) is 1. The summed E-state index contributed by atoms with van der Waals surface area (Å²) < 4.78 is 32.6. The Morgan fingerprint density at radius 1 is 0.788 bits per heavy atom. The van der Waals surface area contributed by atoms with Gasteiger partial charge in [0, 0.05) is 6.20 Å². The Balaban J connectivity index is 1.60. The van der Waals surface area contributed by atoms with Crippen LogP contribution < -0.4 is 5.73 Å². The Labute approximate surface area is 314 Å². The van der Waals surface area contributed by atoms with Gasteiger partial charge < -0.3 is 23.7 Å². The number of fused-ring (bicyclic) bond motifs is 1. The molecule has 0 saturated carbocycles. The van der Waals surface area contributed by atoms with E-state index in [1.807, 2.05) is 33.6 Å². The highest BCUT2D eigenvalue weighted by atomic mass is 28.4. The van der Waals surface area contributed by atoms with E-state index in [0.29, 0.717) is 36.0 Å². The molecule has 2 N–H and O–H groups in total. The van der Waals surface area contributed by atoms with E-state index in [2.05, 4.69) is 124 Å². The van der Waals surface area contributed by atoms with E-state index in [1.54, 1.807) is 12.5 Å². The van der Waals surface area contributed by atoms with E-state index in [-0.39, 0.29) is 27.3 Å². The summed E-state index contributed by atoms with van der Waals surface area (Å²) in [5.74, 6) is 0.763. The zero-order chi connectivity index (χ0) is 38.7. The molecule has 1 aliphatic rings. The topological polar surface area (TPSA) is 124 Å². The molecule has 14 heteroatoms. The van der Waals surface area contributed by atoms with Crippen LogP contribution in [0.2, 0.25) is 54.4 Å². The van der Waals surface area contributed by atoms with Crippen molar-refractivity contribution in [3.05, 3.63) is 54.6 Å². The second-order valence-electron chi connectivity index (χ2n) is 19.0. The minimum atomic E-state index is -2.36. The molecule has 0 bridgehead atoms. The van der Waals surface area contributed by atoms with Crippen LogP contribution in [-0.4, -0.2) is 79.2 Å². The van der Waals surface area contributed by atoms with Crippen molar-refractivity contribution in [2.24, 2.45) is 0 Å². The van der Waals surface area contributed by atoms with Crippen LogP contribution >= 0.6 is 0 Å². The normalized spacial score (nSPS) is 21.0. The van der Waals surface area contributed by atoms with E-state index in [1.165, 1.54) is 0 Å². The summed E-state index contributed by atoms with van der Waals surface area (Å²) in [6, 6.07) is 10.2. The average molecular weight is 766 g/mol. The molecule has 1 fully saturated rings. The lowest BCUT2D eigenvalue weighted by Gasteiger charge is -2.44. The van der Waals surface area contributed by atoms with Crippen LogP contribution in [0, 0.1) is 0 Å². The molecule has 0 radical (unpaired) electrons.